The summed E-state index contributed by atoms with van der Waals surface area (Å²) in [4.78, 5) is 0. The van der Waals surface area contributed by atoms with Gasteiger partial charge in [0.1, 0.15) is 5.82 Å². The summed E-state index contributed by atoms with van der Waals surface area (Å²) >= 11 is 0. The number of aryl methyl sites for hydroxylation is 1. The molecule has 0 spiro atoms. The van der Waals surface area contributed by atoms with Crippen LogP contribution in [0.4, 0.5) is 4.39 Å². The van der Waals surface area contributed by atoms with Crippen LogP contribution >= 0.6 is 0 Å². The van der Waals surface area contributed by atoms with Gasteiger partial charge in [-0.2, -0.15) is 4.31 Å². The van der Waals surface area contributed by atoms with Crippen molar-refractivity contribution in [1.29, 1.82) is 0 Å². The van der Waals surface area contributed by atoms with E-state index in [1.807, 2.05) is 31.2 Å². The molecule has 0 aliphatic heterocycles. The van der Waals surface area contributed by atoms with Crippen LogP contribution in [0.25, 0.3) is 0 Å². The second kappa shape index (κ2) is 6.42. The predicted octanol–water partition coefficient (Wildman–Crippen LogP) is 3.63. The highest BCUT2D eigenvalue weighted by Gasteiger charge is 2.37. The fraction of sp³-hybridized carbons (Fsp3) is 0.333. The van der Waals surface area contributed by atoms with E-state index < -0.39 is 15.8 Å². The largest absolute Gasteiger partial charge is 0.218 e. The number of sulfonamides is 1. The summed E-state index contributed by atoms with van der Waals surface area (Å²) in [6, 6.07) is 13.8. The molecule has 0 bridgehead atoms. The Labute approximate surface area is 136 Å². The first-order chi connectivity index (χ1) is 10.9. The molecule has 0 unspecified atom stereocenters. The second-order valence-corrected chi connectivity index (χ2v) is 8.07. The average molecular weight is 333 g/mol. The first-order valence-corrected chi connectivity index (χ1v) is 9.34. The SMILES string of the molecule is Cc1ccc(CN(C2CC2)S(=O)(=O)Cc2cccc(F)c2)cc1. The van der Waals surface area contributed by atoms with Crippen molar-refractivity contribution in [3.63, 3.8) is 0 Å². The Hall–Kier alpha value is -1.72. The van der Waals surface area contributed by atoms with Crippen molar-refractivity contribution in [1.82, 2.24) is 4.31 Å². The minimum Gasteiger partial charge on any atom is -0.212 e. The molecule has 3 rings (SSSR count). The zero-order valence-electron chi connectivity index (χ0n) is 13.1. The van der Waals surface area contributed by atoms with Crippen molar-refractivity contribution < 1.29 is 12.8 Å². The molecule has 0 amide bonds. The lowest BCUT2D eigenvalue weighted by atomic mass is 10.1. The molecule has 1 aliphatic carbocycles. The van der Waals surface area contributed by atoms with Crippen molar-refractivity contribution in [2.75, 3.05) is 0 Å². The number of nitrogens with zero attached hydrogens (tertiary/aromatic N) is 1. The summed E-state index contributed by atoms with van der Waals surface area (Å²) in [7, 11) is -3.47. The van der Waals surface area contributed by atoms with Crippen LogP contribution in [0.15, 0.2) is 48.5 Å². The van der Waals surface area contributed by atoms with E-state index in [0.29, 0.717) is 12.1 Å². The maximum Gasteiger partial charge on any atom is 0.218 e. The highest BCUT2D eigenvalue weighted by molar-refractivity contribution is 7.88. The number of benzene rings is 2. The van der Waals surface area contributed by atoms with Crippen LogP contribution in [0.2, 0.25) is 0 Å². The zero-order valence-corrected chi connectivity index (χ0v) is 13.9. The van der Waals surface area contributed by atoms with Gasteiger partial charge in [-0.15, -0.1) is 0 Å². The smallest absolute Gasteiger partial charge is 0.212 e. The van der Waals surface area contributed by atoms with Gasteiger partial charge in [0, 0.05) is 12.6 Å². The molecule has 0 aromatic heterocycles. The first kappa shape index (κ1) is 16.1. The molecule has 0 atom stereocenters. The molecular formula is C18H20FNO2S. The van der Waals surface area contributed by atoms with Crippen LogP contribution in [0, 0.1) is 12.7 Å². The molecule has 0 heterocycles. The predicted molar refractivity (Wildman–Crippen MR) is 88.8 cm³/mol. The summed E-state index contributed by atoms with van der Waals surface area (Å²) in [5.41, 5.74) is 2.61. The molecule has 2 aromatic rings. The summed E-state index contributed by atoms with van der Waals surface area (Å²) in [5, 5.41) is 0. The molecular weight excluding hydrogens is 313 g/mol. The van der Waals surface area contributed by atoms with E-state index in [-0.39, 0.29) is 11.8 Å². The minimum atomic E-state index is -3.47. The van der Waals surface area contributed by atoms with Gasteiger partial charge >= 0.3 is 0 Å². The van der Waals surface area contributed by atoms with E-state index in [1.54, 1.807) is 16.4 Å². The number of hydrogen-bond donors (Lipinski definition) is 0. The number of halogens is 1. The molecule has 122 valence electrons. The third kappa shape index (κ3) is 4.18. The minimum absolute atomic E-state index is 0.0786. The molecule has 3 nitrogen and oxygen atoms in total. The molecule has 1 saturated carbocycles. The Morgan fingerprint density at radius 2 is 1.78 bits per heavy atom. The van der Waals surface area contributed by atoms with Crippen LogP contribution in [0.5, 0.6) is 0 Å². The van der Waals surface area contributed by atoms with Crippen LogP contribution in [0.3, 0.4) is 0 Å². The standard InChI is InChI=1S/C18H20FNO2S/c1-14-5-7-15(8-6-14)12-20(18-9-10-18)23(21,22)13-16-3-2-4-17(19)11-16/h2-8,11,18H,9-10,12-13H2,1H3. The lowest BCUT2D eigenvalue weighted by Gasteiger charge is -2.22. The summed E-state index contributed by atoms with van der Waals surface area (Å²) in [6.07, 6.45) is 1.79. The monoisotopic (exact) mass is 333 g/mol. The Kier molecular flexibility index (Phi) is 4.50. The van der Waals surface area contributed by atoms with Crippen LogP contribution in [-0.4, -0.2) is 18.8 Å². The summed E-state index contributed by atoms with van der Waals surface area (Å²) < 4.78 is 40.4. The topological polar surface area (TPSA) is 37.4 Å². The van der Waals surface area contributed by atoms with E-state index in [9.17, 15) is 12.8 Å². The van der Waals surface area contributed by atoms with Gasteiger partial charge in [-0.25, -0.2) is 12.8 Å². The van der Waals surface area contributed by atoms with Crippen LogP contribution in [0.1, 0.15) is 29.5 Å². The molecule has 5 heteroatoms. The van der Waals surface area contributed by atoms with E-state index in [2.05, 4.69) is 0 Å². The van der Waals surface area contributed by atoms with Crippen molar-refractivity contribution in [3.05, 3.63) is 71.0 Å². The molecule has 0 radical (unpaired) electrons. The zero-order chi connectivity index (χ0) is 16.4. The van der Waals surface area contributed by atoms with E-state index >= 15 is 0 Å². The Morgan fingerprint density at radius 1 is 1.09 bits per heavy atom. The highest BCUT2D eigenvalue weighted by Crippen LogP contribution is 2.32. The van der Waals surface area contributed by atoms with Crippen molar-refractivity contribution >= 4 is 10.0 Å². The van der Waals surface area contributed by atoms with Gasteiger partial charge < -0.3 is 0 Å². The maximum atomic E-state index is 13.3. The van der Waals surface area contributed by atoms with Gasteiger partial charge in [0.15, 0.2) is 0 Å². The van der Waals surface area contributed by atoms with Gasteiger partial charge in [-0.1, -0.05) is 42.0 Å². The second-order valence-electron chi connectivity index (χ2n) is 6.15. The summed E-state index contributed by atoms with van der Waals surface area (Å²) in [6.45, 7) is 2.38. The van der Waals surface area contributed by atoms with E-state index in [0.717, 1.165) is 24.0 Å². The number of rotatable bonds is 6. The fourth-order valence-corrected chi connectivity index (χ4v) is 4.39. The third-order valence-electron chi connectivity index (χ3n) is 4.01. The van der Waals surface area contributed by atoms with Gasteiger partial charge in [0.05, 0.1) is 5.75 Å². The van der Waals surface area contributed by atoms with Crippen molar-refractivity contribution in [3.8, 4) is 0 Å². The van der Waals surface area contributed by atoms with Crippen LogP contribution in [-0.2, 0) is 22.3 Å². The van der Waals surface area contributed by atoms with Gasteiger partial charge in [0.25, 0.3) is 0 Å². The lowest BCUT2D eigenvalue weighted by Crippen LogP contribution is -2.33. The Bertz CT molecular complexity index is 783. The lowest BCUT2D eigenvalue weighted by molar-refractivity contribution is 0.398. The van der Waals surface area contributed by atoms with E-state index in [1.165, 1.54) is 12.1 Å². The highest BCUT2D eigenvalue weighted by atomic mass is 32.2. The van der Waals surface area contributed by atoms with Crippen molar-refractivity contribution in [2.24, 2.45) is 0 Å². The molecule has 1 fully saturated rings. The quantitative estimate of drug-likeness (QED) is 0.809. The normalized spacial score (nSPS) is 15.1. The molecule has 2 aromatic carbocycles. The fourth-order valence-electron chi connectivity index (χ4n) is 2.61. The van der Waals surface area contributed by atoms with Gasteiger partial charge in [-0.05, 0) is 43.0 Å². The molecule has 0 N–H and O–H groups in total. The van der Waals surface area contributed by atoms with E-state index in [4.69, 9.17) is 0 Å². The Morgan fingerprint density at radius 3 is 2.39 bits per heavy atom. The Balaban J connectivity index is 1.80. The van der Waals surface area contributed by atoms with Crippen molar-refractivity contribution in [2.45, 2.75) is 38.1 Å². The molecule has 1 aliphatic rings. The third-order valence-corrected chi connectivity index (χ3v) is 5.85. The molecule has 23 heavy (non-hydrogen) atoms. The maximum absolute atomic E-state index is 13.3. The average Bonchev–Trinajstić information content (AvgIpc) is 3.30. The van der Waals surface area contributed by atoms with Gasteiger partial charge in [-0.3, -0.25) is 0 Å². The first-order valence-electron chi connectivity index (χ1n) is 7.73. The van der Waals surface area contributed by atoms with Gasteiger partial charge in [0.2, 0.25) is 10.0 Å². The van der Waals surface area contributed by atoms with Crippen LogP contribution < -0.4 is 0 Å². The number of hydrogen-bond acceptors (Lipinski definition) is 2. The molecule has 0 saturated heterocycles. The summed E-state index contributed by atoms with van der Waals surface area (Å²) in [5.74, 6) is -0.568.